The highest BCUT2D eigenvalue weighted by Gasteiger charge is 2.35. The van der Waals surface area contributed by atoms with Crippen LogP contribution in [0.25, 0.3) is 10.9 Å². The summed E-state index contributed by atoms with van der Waals surface area (Å²) >= 11 is 0. The number of ether oxygens (including phenoxy) is 1. The van der Waals surface area contributed by atoms with Crippen molar-refractivity contribution in [2.45, 2.75) is 18.8 Å². The van der Waals surface area contributed by atoms with Crippen molar-refractivity contribution in [1.29, 1.82) is 0 Å². The number of carbonyl (C=O) groups excluding carboxylic acids is 3. The number of rotatable bonds is 5. The Hall–Kier alpha value is -3.82. The number of fused-ring (bicyclic) bond motifs is 1. The monoisotopic (exact) mass is 431 g/mol. The maximum atomic E-state index is 12.7. The zero-order chi connectivity index (χ0) is 22.2. The molecular formula is C21H16F3N3O4. The molecule has 2 aromatic carbocycles. The molecule has 1 aromatic heterocycles. The van der Waals surface area contributed by atoms with Gasteiger partial charge in [-0.15, -0.1) is 13.2 Å². The largest absolute Gasteiger partial charge is 0.573 e. The Morgan fingerprint density at radius 1 is 1.10 bits per heavy atom. The molecule has 1 saturated heterocycles. The Morgan fingerprint density at radius 3 is 2.52 bits per heavy atom. The van der Waals surface area contributed by atoms with E-state index in [2.05, 4.69) is 15.0 Å². The lowest BCUT2D eigenvalue weighted by Gasteiger charge is -2.18. The van der Waals surface area contributed by atoms with E-state index in [1.54, 1.807) is 24.3 Å². The maximum Gasteiger partial charge on any atom is 0.573 e. The lowest BCUT2D eigenvalue weighted by molar-refractivity contribution is -0.274. The van der Waals surface area contributed by atoms with Gasteiger partial charge in [-0.3, -0.25) is 14.4 Å². The first-order valence-corrected chi connectivity index (χ1v) is 9.31. The van der Waals surface area contributed by atoms with Crippen LogP contribution >= 0.6 is 0 Å². The predicted molar refractivity (Wildman–Crippen MR) is 105 cm³/mol. The number of halogens is 3. The molecule has 0 spiro atoms. The van der Waals surface area contributed by atoms with Gasteiger partial charge in [-0.05, 0) is 36.8 Å². The van der Waals surface area contributed by atoms with E-state index in [-0.39, 0.29) is 18.5 Å². The summed E-state index contributed by atoms with van der Waals surface area (Å²) in [4.78, 5) is 41.9. The van der Waals surface area contributed by atoms with Crippen molar-refractivity contribution >= 4 is 34.2 Å². The molecule has 0 saturated carbocycles. The first kappa shape index (κ1) is 20.5. The zero-order valence-corrected chi connectivity index (χ0v) is 15.9. The standard InChI is InChI=1S/C21H16F3N3O4/c22-21(23,24)31-13-7-5-12(6-8-13)27-10-9-17(20(27)30)26-19(29)18(28)15-11-25-16-4-2-1-3-14(15)16/h1-8,11,17,25H,9-10H2,(H,26,29). The molecule has 1 aliphatic rings. The number of para-hydroxylation sites is 1. The topological polar surface area (TPSA) is 91.5 Å². The minimum absolute atomic E-state index is 0.204. The molecule has 2 N–H and O–H groups in total. The van der Waals surface area contributed by atoms with Crippen LogP contribution in [0, 0.1) is 0 Å². The molecule has 7 nitrogen and oxygen atoms in total. The fraction of sp³-hybridized carbons (Fsp3) is 0.190. The van der Waals surface area contributed by atoms with Gasteiger partial charge >= 0.3 is 6.36 Å². The highest BCUT2D eigenvalue weighted by molar-refractivity contribution is 6.45. The predicted octanol–water partition coefficient (Wildman–Crippen LogP) is 3.17. The Labute approximate surface area is 173 Å². The number of H-pyrrole nitrogens is 1. The summed E-state index contributed by atoms with van der Waals surface area (Å²) in [7, 11) is 0. The van der Waals surface area contributed by atoms with Crippen LogP contribution in [0.15, 0.2) is 54.7 Å². The van der Waals surface area contributed by atoms with Crippen LogP contribution in [0.2, 0.25) is 0 Å². The second-order valence-electron chi connectivity index (χ2n) is 6.92. The highest BCUT2D eigenvalue weighted by Crippen LogP contribution is 2.27. The van der Waals surface area contributed by atoms with Gasteiger partial charge in [0.2, 0.25) is 5.91 Å². The Morgan fingerprint density at radius 2 is 1.81 bits per heavy atom. The fourth-order valence-electron chi connectivity index (χ4n) is 3.50. The van der Waals surface area contributed by atoms with Crippen LogP contribution in [-0.2, 0) is 9.59 Å². The number of aromatic nitrogens is 1. The van der Waals surface area contributed by atoms with Crippen LogP contribution in [-0.4, -0.2) is 41.5 Å². The van der Waals surface area contributed by atoms with E-state index in [1.165, 1.54) is 23.2 Å². The van der Waals surface area contributed by atoms with Crippen molar-refractivity contribution in [2.75, 3.05) is 11.4 Å². The first-order chi connectivity index (χ1) is 14.7. The molecule has 0 bridgehead atoms. The second-order valence-corrected chi connectivity index (χ2v) is 6.92. The summed E-state index contributed by atoms with van der Waals surface area (Å²) < 4.78 is 40.6. The van der Waals surface area contributed by atoms with Crippen molar-refractivity contribution < 1.29 is 32.3 Å². The van der Waals surface area contributed by atoms with Gasteiger partial charge in [0.1, 0.15) is 11.8 Å². The molecule has 31 heavy (non-hydrogen) atoms. The summed E-state index contributed by atoms with van der Waals surface area (Å²) in [6.07, 6.45) is -3.11. The molecule has 4 rings (SSSR count). The van der Waals surface area contributed by atoms with Crippen molar-refractivity contribution in [3.05, 3.63) is 60.3 Å². The number of benzene rings is 2. The smallest absolute Gasteiger partial charge is 0.406 e. The molecule has 10 heteroatoms. The molecular weight excluding hydrogens is 415 g/mol. The average Bonchev–Trinajstić information content (AvgIpc) is 3.31. The van der Waals surface area contributed by atoms with Gasteiger partial charge in [0.15, 0.2) is 0 Å². The third-order valence-corrected chi connectivity index (χ3v) is 4.93. The number of aromatic amines is 1. The van der Waals surface area contributed by atoms with Crippen LogP contribution in [0.4, 0.5) is 18.9 Å². The third kappa shape index (κ3) is 4.23. The van der Waals surface area contributed by atoms with E-state index in [0.717, 1.165) is 12.1 Å². The molecule has 1 fully saturated rings. The second kappa shape index (κ2) is 7.78. The SMILES string of the molecule is O=C(NC1CCN(c2ccc(OC(F)(F)F)cc2)C1=O)C(=O)c1c[nH]c2ccccc12. The number of Topliss-reactive ketones (excluding diaryl/α,β-unsaturated/α-hetero) is 1. The molecule has 1 unspecified atom stereocenters. The van der Waals surface area contributed by atoms with Crippen LogP contribution < -0.4 is 15.0 Å². The van der Waals surface area contributed by atoms with Gasteiger partial charge in [0.05, 0.1) is 5.56 Å². The quantitative estimate of drug-likeness (QED) is 0.480. The molecule has 0 radical (unpaired) electrons. The molecule has 0 aliphatic carbocycles. The Kier molecular flexibility index (Phi) is 5.14. The Bertz CT molecular complexity index is 1150. The zero-order valence-electron chi connectivity index (χ0n) is 15.9. The van der Waals surface area contributed by atoms with Crippen molar-refractivity contribution in [3.63, 3.8) is 0 Å². The van der Waals surface area contributed by atoms with E-state index in [0.29, 0.717) is 16.6 Å². The fourth-order valence-corrected chi connectivity index (χ4v) is 3.50. The maximum absolute atomic E-state index is 12.7. The van der Waals surface area contributed by atoms with Gasteiger partial charge in [-0.1, -0.05) is 18.2 Å². The van der Waals surface area contributed by atoms with Gasteiger partial charge in [0.25, 0.3) is 11.7 Å². The first-order valence-electron chi connectivity index (χ1n) is 9.31. The van der Waals surface area contributed by atoms with E-state index in [4.69, 9.17) is 0 Å². The van der Waals surface area contributed by atoms with Crippen molar-refractivity contribution in [1.82, 2.24) is 10.3 Å². The highest BCUT2D eigenvalue weighted by atomic mass is 19.4. The van der Waals surface area contributed by atoms with Gasteiger partial charge in [-0.2, -0.15) is 0 Å². The molecule has 3 aromatic rings. The van der Waals surface area contributed by atoms with Gasteiger partial charge < -0.3 is 19.9 Å². The number of nitrogens with zero attached hydrogens (tertiary/aromatic N) is 1. The summed E-state index contributed by atoms with van der Waals surface area (Å²) in [5, 5.41) is 3.06. The molecule has 160 valence electrons. The van der Waals surface area contributed by atoms with Crippen LogP contribution in [0.1, 0.15) is 16.8 Å². The number of anilines is 1. The van der Waals surface area contributed by atoms with E-state index in [9.17, 15) is 27.6 Å². The summed E-state index contributed by atoms with van der Waals surface area (Å²) in [5.41, 5.74) is 1.27. The number of alkyl halides is 3. The Balaban J connectivity index is 1.42. The lowest BCUT2D eigenvalue weighted by Crippen LogP contribution is -2.44. The van der Waals surface area contributed by atoms with E-state index >= 15 is 0 Å². The lowest BCUT2D eigenvalue weighted by atomic mass is 10.1. The number of amides is 2. The number of hydrogen-bond acceptors (Lipinski definition) is 4. The number of carbonyl (C=O) groups is 3. The molecule has 2 amide bonds. The van der Waals surface area contributed by atoms with E-state index in [1.807, 2.05) is 0 Å². The molecule has 1 aliphatic heterocycles. The van der Waals surface area contributed by atoms with Crippen molar-refractivity contribution in [3.8, 4) is 5.75 Å². The van der Waals surface area contributed by atoms with Crippen molar-refractivity contribution in [2.24, 2.45) is 0 Å². The summed E-state index contributed by atoms with van der Waals surface area (Å²) in [6, 6.07) is 10.9. The van der Waals surface area contributed by atoms with Gasteiger partial charge in [0, 0.05) is 29.3 Å². The minimum Gasteiger partial charge on any atom is -0.406 e. The number of ketones is 1. The molecule has 2 heterocycles. The summed E-state index contributed by atoms with van der Waals surface area (Å²) in [5.74, 6) is -2.53. The number of nitrogens with one attached hydrogen (secondary N) is 2. The minimum atomic E-state index is -4.81. The van der Waals surface area contributed by atoms with Crippen LogP contribution in [0.3, 0.4) is 0 Å². The normalized spacial score (nSPS) is 16.5. The van der Waals surface area contributed by atoms with Gasteiger partial charge in [-0.25, -0.2) is 0 Å². The molecule has 1 atom stereocenters. The van der Waals surface area contributed by atoms with E-state index < -0.39 is 35.8 Å². The number of hydrogen-bond donors (Lipinski definition) is 2. The summed E-state index contributed by atoms with van der Waals surface area (Å²) in [6.45, 7) is 0.241. The third-order valence-electron chi connectivity index (χ3n) is 4.93. The average molecular weight is 431 g/mol. The van der Waals surface area contributed by atoms with Crippen LogP contribution in [0.5, 0.6) is 5.75 Å².